The SMILES string of the molecule is CC(C)(C)NC(=O)CNC(=O)NC1COCC1(C)C(=O)O. The van der Waals surface area contributed by atoms with E-state index in [9.17, 15) is 19.5 Å². The van der Waals surface area contributed by atoms with Crippen molar-refractivity contribution >= 4 is 17.9 Å². The Hall–Kier alpha value is -1.83. The average molecular weight is 301 g/mol. The molecule has 1 rings (SSSR count). The summed E-state index contributed by atoms with van der Waals surface area (Å²) in [5, 5.41) is 16.8. The van der Waals surface area contributed by atoms with E-state index in [0.29, 0.717) is 0 Å². The highest BCUT2D eigenvalue weighted by Crippen LogP contribution is 2.28. The lowest BCUT2D eigenvalue weighted by Gasteiger charge is -2.25. The highest BCUT2D eigenvalue weighted by Gasteiger charge is 2.47. The quantitative estimate of drug-likeness (QED) is 0.568. The zero-order valence-corrected chi connectivity index (χ0v) is 12.8. The molecule has 120 valence electrons. The van der Waals surface area contributed by atoms with Gasteiger partial charge in [-0.2, -0.15) is 0 Å². The molecule has 1 saturated heterocycles. The van der Waals surface area contributed by atoms with E-state index < -0.39 is 23.5 Å². The predicted octanol–water partition coefficient (Wildman–Crippen LogP) is -0.310. The van der Waals surface area contributed by atoms with E-state index in [0.717, 1.165) is 0 Å². The molecular formula is C13H23N3O5. The Labute approximate surface area is 123 Å². The Morgan fingerprint density at radius 2 is 1.95 bits per heavy atom. The standard InChI is InChI=1S/C13H23N3O5/c1-12(2,3)16-9(17)5-14-11(20)15-8-6-21-7-13(8,4)10(18)19/h8H,5-7H2,1-4H3,(H,16,17)(H,18,19)(H2,14,15,20). The van der Waals surface area contributed by atoms with Gasteiger partial charge in [0.05, 0.1) is 25.8 Å². The number of carboxylic acid groups (broad SMARTS) is 1. The fourth-order valence-corrected chi connectivity index (χ4v) is 1.92. The van der Waals surface area contributed by atoms with Crippen molar-refractivity contribution in [3.05, 3.63) is 0 Å². The summed E-state index contributed by atoms with van der Waals surface area (Å²) in [6.45, 7) is 7.00. The molecule has 1 heterocycles. The third kappa shape index (κ3) is 4.89. The molecule has 0 saturated carbocycles. The lowest BCUT2D eigenvalue weighted by atomic mass is 9.85. The van der Waals surface area contributed by atoms with E-state index >= 15 is 0 Å². The van der Waals surface area contributed by atoms with Crippen LogP contribution in [0, 0.1) is 5.41 Å². The van der Waals surface area contributed by atoms with Crippen LogP contribution in [0.15, 0.2) is 0 Å². The molecule has 0 aromatic carbocycles. The molecule has 8 heteroatoms. The first-order chi connectivity index (χ1) is 9.54. The van der Waals surface area contributed by atoms with Crippen LogP contribution in [0.4, 0.5) is 4.79 Å². The molecule has 0 aromatic heterocycles. The molecule has 0 aliphatic carbocycles. The van der Waals surface area contributed by atoms with Gasteiger partial charge in [0.15, 0.2) is 0 Å². The fraction of sp³-hybridized carbons (Fsp3) is 0.769. The molecule has 1 aliphatic rings. The third-order valence-electron chi connectivity index (χ3n) is 3.17. The number of aliphatic carboxylic acids is 1. The molecule has 1 fully saturated rings. The zero-order chi connectivity index (χ0) is 16.3. The summed E-state index contributed by atoms with van der Waals surface area (Å²) in [5.41, 5.74) is -1.54. The molecule has 0 radical (unpaired) electrons. The predicted molar refractivity (Wildman–Crippen MR) is 74.8 cm³/mol. The number of carboxylic acids is 1. The zero-order valence-electron chi connectivity index (χ0n) is 12.8. The Morgan fingerprint density at radius 1 is 1.33 bits per heavy atom. The minimum atomic E-state index is -1.16. The van der Waals surface area contributed by atoms with Crippen molar-refractivity contribution in [2.24, 2.45) is 5.41 Å². The van der Waals surface area contributed by atoms with Gasteiger partial charge in [0, 0.05) is 5.54 Å². The van der Waals surface area contributed by atoms with Crippen molar-refractivity contribution in [1.29, 1.82) is 0 Å². The first-order valence-corrected chi connectivity index (χ1v) is 6.71. The molecule has 2 atom stereocenters. The molecular weight excluding hydrogens is 278 g/mol. The number of carbonyl (C=O) groups excluding carboxylic acids is 2. The van der Waals surface area contributed by atoms with Crippen LogP contribution in [-0.4, -0.2) is 54.4 Å². The van der Waals surface area contributed by atoms with Crippen LogP contribution in [-0.2, 0) is 14.3 Å². The van der Waals surface area contributed by atoms with Gasteiger partial charge < -0.3 is 25.8 Å². The second kappa shape index (κ2) is 6.30. The molecule has 0 aromatic rings. The maximum Gasteiger partial charge on any atom is 0.315 e. The summed E-state index contributed by atoms with van der Waals surface area (Å²) >= 11 is 0. The minimum Gasteiger partial charge on any atom is -0.481 e. The van der Waals surface area contributed by atoms with Gasteiger partial charge >= 0.3 is 12.0 Å². The van der Waals surface area contributed by atoms with E-state index in [2.05, 4.69) is 16.0 Å². The van der Waals surface area contributed by atoms with E-state index in [1.54, 1.807) is 0 Å². The lowest BCUT2D eigenvalue weighted by molar-refractivity contribution is -0.148. The summed E-state index contributed by atoms with van der Waals surface area (Å²) < 4.78 is 5.12. The van der Waals surface area contributed by atoms with Crippen molar-refractivity contribution in [3.63, 3.8) is 0 Å². The number of hydrogen-bond acceptors (Lipinski definition) is 4. The summed E-state index contributed by atoms with van der Waals surface area (Å²) in [7, 11) is 0. The minimum absolute atomic E-state index is 0.0395. The van der Waals surface area contributed by atoms with Gasteiger partial charge in [0.1, 0.15) is 5.41 Å². The number of ether oxygens (including phenoxy) is 1. The van der Waals surface area contributed by atoms with Gasteiger partial charge in [0.2, 0.25) is 5.91 Å². The van der Waals surface area contributed by atoms with Crippen LogP contribution in [0.3, 0.4) is 0 Å². The first-order valence-electron chi connectivity index (χ1n) is 6.71. The molecule has 0 spiro atoms. The topological polar surface area (TPSA) is 117 Å². The van der Waals surface area contributed by atoms with E-state index in [1.165, 1.54) is 6.92 Å². The van der Waals surface area contributed by atoms with Crippen molar-refractivity contribution in [2.75, 3.05) is 19.8 Å². The van der Waals surface area contributed by atoms with Crippen LogP contribution in [0.1, 0.15) is 27.7 Å². The fourth-order valence-electron chi connectivity index (χ4n) is 1.92. The van der Waals surface area contributed by atoms with E-state index in [4.69, 9.17) is 4.74 Å². The van der Waals surface area contributed by atoms with Crippen molar-refractivity contribution < 1.29 is 24.2 Å². The molecule has 0 bridgehead atoms. The van der Waals surface area contributed by atoms with E-state index in [-0.39, 0.29) is 31.2 Å². The second-order valence-electron chi connectivity index (χ2n) is 6.42. The monoisotopic (exact) mass is 301 g/mol. The summed E-state index contributed by atoms with van der Waals surface area (Å²) in [4.78, 5) is 34.5. The second-order valence-corrected chi connectivity index (χ2v) is 6.42. The molecule has 8 nitrogen and oxygen atoms in total. The van der Waals surface area contributed by atoms with Gasteiger partial charge in [-0.3, -0.25) is 9.59 Å². The Morgan fingerprint density at radius 3 is 2.48 bits per heavy atom. The molecule has 3 amide bonds. The van der Waals surface area contributed by atoms with Crippen molar-refractivity contribution in [2.45, 2.75) is 39.3 Å². The largest absolute Gasteiger partial charge is 0.481 e. The maximum atomic E-state index is 11.7. The Bertz CT molecular complexity index is 432. The van der Waals surface area contributed by atoms with Gasteiger partial charge in [-0.15, -0.1) is 0 Å². The maximum absolute atomic E-state index is 11.7. The van der Waals surface area contributed by atoms with Crippen molar-refractivity contribution in [1.82, 2.24) is 16.0 Å². The lowest BCUT2D eigenvalue weighted by Crippen LogP contribution is -2.54. The average Bonchev–Trinajstić information content (AvgIpc) is 2.68. The van der Waals surface area contributed by atoms with Crippen LogP contribution in [0.5, 0.6) is 0 Å². The summed E-state index contributed by atoms with van der Waals surface area (Å²) in [5.74, 6) is -1.35. The number of rotatable bonds is 4. The molecule has 1 aliphatic heterocycles. The third-order valence-corrected chi connectivity index (χ3v) is 3.17. The van der Waals surface area contributed by atoms with Gasteiger partial charge in [-0.25, -0.2) is 4.79 Å². The highest BCUT2D eigenvalue weighted by atomic mass is 16.5. The van der Waals surface area contributed by atoms with Gasteiger partial charge in [0.25, 0.3) is 0 Å². The Balaban J connectivity index is 2.44. The summed E-state index contributed by atoms with van der Waals surface area (Å²) in [6, 6.07) is -1.23. The molecule has 4 N–H and O–H groups in total. The number of hydrogen-bond donors (Lipinski definition) is 4. The van der Waals surface area contributed by atoms with Crippen LogP contribution >= 0.6 is 0 Å². The Kier molecular flexibility index (Phi) is 5.16. The smallest absolute Gasteiger partial charge is 0.315 e. The number of urea groups is 1. The number of carbonyl (C=O) groups is 3. The van der Waals surface area contributed by atoms with Crippen LogP contribution < -0.4 is 16.0 Å². The van der Waals surface area contributed by atoms with Gasteiger partial charge in [-0.05, 0) is 27.7 Å². The van der Waals surface area contributed by atoms with E-state index in [1.807, 2.05) is 20.8 Å². The number of nitrogens with one attached hydrogen (secondary N) is 3. The summed E-state index contributed by atoms with van der Waals surface area (Å²) in [6.07, 6.45) is 0. The molecule has 21 heavy (non-hydrogen) atoms. The normalized spacial score (nSPS) is 25.2. The van der Waals surface area contributed by atoms with Crippen LogP contribution in [0.2, 0.25) is 0 Å². The van der Waals surface area contributed by atoms with Crippen LogP contribution in [0.25, 0.3) is 0 Å². The van der Waals surface area contributed by atoms with Gasteiger partial charge in [-0.1, -0.05) is 0 Å². The molecule has 2 unspecified atom stereocenters. The first kappa shape index (κ1) is 17.2. The number of amides is 3. The van der Waals surface area contributed by atoms with Crippen molar-refractivity contribution in [3.8, 4) is 0 Å². The highest BCUT2D eigenvalue weighted by molar-refractivity contribution is 5.85.